The van der Waals surface area contributed by atoms with E-state index in [1.165, 1.54) is 11.2 Å². The summed E-state index contributed by atoms with van der Waals surface area (Å²) in [5.74, 6) is 0.861. The van der Waals surface area contributed by atoms with Crippen molar-refractivity contribution in [3.05, 3.63) is 24.0 Å². The lowest BCUT2D eigenvalue weighted by molar-refractivity contribution is 0.155. The molecule has 0 aromatic carbocycles. The largest absolute Gasteiger partial charge is 0.350 e. The summed E-state index contributed by atoms with van der Waals surface area (Å²) in [5.41, 5.74) is 1.58. The van der Waals surface area contributed by atoms with Crippen molar-refractivity contribution in [2.24, 2.45) is 0 Å². The molecule has 2 heterocycles. The van der Waals surface area contributed by atoms with Gasteiger partial charge in [0.2, 0.25) is 0 Å². The second-order valence-electron chi connectivity index (χ2n) is 3.95. The van der Waals surface area contributed by atoms with Crippen molar-refractivity contribution in [3.8, 4) is 0 Å². The molecule has 0 radical (unpaired) electrons. The number of alkyl halides is 3. The van der Waals surface area contributed by atoms with Crippen LogP contribution >= 0.6 is 11.6 Å². The van der Waals surface area contributed by atoms with Crippen molar-refractivity contribution in [2.45, 2.75) is 13.3 Å². The fourth-order valence-corrected chi connectivity index (χ4v) is 2.03. The molecule has 0 saturated carbocycles. The number of aryl methyl sites for hydroxylation is 1. The molecular weight excluding hydrogens is 262 g/mol. The van der Waals surface area contributed by atoms with Gasteiger partial charge in [-0.1, -0.05) is 0 Å². The van der Waals surface area contributed by atoms with Crippen LogP contribution in [0.2, 0.25) is 0 Å². The van der Waals surface area contributed by atoms with E-state index >= 15 is 0 Å². The molecule has 0 N–H and O–H groups in total. The van der Waals surface area contributed by atoms with Gasteiger partial charge in [0.15, 0.2) is 5.65 Å². The summed E-state index contributed by atoms with van der Waals surface area (Å²) >= 11 is 5.66. The van der Waals surface area contributed by atoms with Crippen molar-refractivity contribution in [3.63, 3.8) is 0 Å². The molecule has 0 aliphatic heterocycles. The lowest BCUT2D eigenvalue weighted by Gasteiger charge is -2.24. The molecule has 7 heteroatoms. The Morgan fingerprint density at radius 1 is 1.44 bits per heavy atom. The average molecular weight is 275 g/mol. The Bertz CT molecular complexity index is 529. The van der Waals surface area contributed by atoms with Gasteiger partial charge in [0, 0.05) is 12.4 Å². The second kappa shape index (κ2) is 5.48. The second-order valence-corrected chi connectivity index (χ2v) is 4.32. The average Bonchev–Trinajstić information content (AvgIpc) is 2.74. The van der Waals surface area contributed by atoms with Gasteiger partial charge in [0.25, 0.3) is 6.43 Å². The van der Waals surface area contributed by atoms with Gasteiger partial charge in [0.05, 0.1) is 6.54 Å². The van der Waals surface area contributed by atoms with Gasteiger partial charge in [-0.3, -0.25) is 0 Å². The van der Waals surface area contributed by atoms with E-state index in [1.54, 1.807) is 10.6 Å². The number of nitrogens with zero attached hydrogens (tertiary/aromatic N) is 4. The smallest absolute Gasteiger partial charge is 0.255 e. The lowest BCUT2D eigenvalue weighted by atomic mass is 10.2. The summed E-state index contributed by atoms with van der Waals surface area (Å²) in [6.07, 6.45) is -1.02. The first-order chi connectivity index (χ1) is 8.61. The van der Waals surface area contributed by atoms with Crippen LogP contribution in [0.15, 0.2) is 18.5 Å². The van der Waals surface area contributed by atoms with E-state index in [0.717, 1.165) is 5.56 Å². The minimum Gasteiger partial charge on any atom is -0.350 e. The first-order valence-electron chi connectivity index (χ1n) is 5.51. The molecule has 2 aromatic rings. The van der Waals surface area contributed by atoms with Crippen molar-refractivity contribution < 1.29 is 8.78 Å². The number of anilines is 1. The minimum atomic E-state index is -2.42. The fraction of sp³-hybridized carbons (Fsp3) is 0.455. The van der Waals surface area contributed by atoms with Gasteiger partial charge in [0.1, 0.15) is 12.1 Å². The summed E-state index contributed by atoms with van der Waals surface area (Å²) in [4.78, 5) is 5.59. The predicted molar refractivity (Wildman–Crippen MR) is 66.7 cm³/mol. The predicted octanol–water partition coefficient (Wildman–Crippen LogP) is 2.35. The Balaban J connectivity index is 2.44. The third kappa shape index (κ3) is 2.69. The minimum absolute atomic E-state index is 0.275. The zero-order chi connectivity index (χ0) is 13.1. The summed E-state index contributed by atoms with van der Waals surface area (Å²) in [6, 6.07) is 3.65. The van der Waals surface area contributed by atoms with Crippen molar-refractivity contribution in [1.82, 2.24) is 14.6 Å². The van der Waals surface area contributed by atoms with Crippen LogP contribution < -0.4 is 4.90 Å². The van der Waals surface area contributed by atoms with Crippen LogP contribution in [0, 0.1) is 6.92 Å². The van der Waals surface area contributed by atoms with E-state index in [2.05, 4.69) is 10.1 Å². The number of halogens is 3. The molecular formula is C11H13ClF2N4. The van der Waals surface area contributed by atoms with Crippen LogP contribution in [-0.4, -0.2) is 40.0 Å². The van der Waals surface area contributed by atoms with Crippen LogP contribution in [-0.2, 0) is 0 Å². The van der Waals surface area contributed by atoms with Gasteiger partial charge in [-0.05, 0) is 24.6 Å². The van der Waals surface area contributed by atoms with Crippen molar-refractivity contribution >= 4 is 23.1 Å². The highest BCUT2D eigenvalue weighted by atomic mass is 35.5. The summed E-state index contributed by atoms with van der Waals surface area (Å²) < 4.78 is 26.7. The van der Waals surface area contributed by atoms with Gasteiger partial charge >= 0.3 is 0 Å². The zero-order valence-electron chi connectivity index (χ0n) is 9.85. The Kier molecular flexibility index (Phi) is 3.96. The van der Waals surface area contributed by atoms with E-state index in [9.17, 15) is 8.78 Å². The van der Waals surface area contributed by atoms with E-state index in [0.29, 0.717) is 18.0 Å². The highest BCUT2D eigenvalue weighted by Gasteiger charge is 2.16. The van der Waals surface area contributed by atoms with Crippen molar-refractivity contribution in [1.29, 1.82) is 0 Å². The number of hydrogen-bond donors (Lipinski definition) is 0. The van der Waals surface area contributed by atoms with Crippen molar-refractivity contribution in [2.75, 3.05) is 23.9 Å². The van der Waals surface area contributed by atoms with Crippen LogP contribution in [0.4, 0.5) is 14.6 Å². The number of pyridine rings is 1. The zero-order valence-corrected chi connectivity index (χ0v) is 10.6. The van der Waals surface area contributed by atoms with Gasteiger partial charge in [-0.2, -0.15) is 9.61 Å². The van der Waals surface area contributed by atoms with Crippen LogP contribution in [0.5, 0.6) is 0 Å². The monoisotopic (exact) mass is 274 g/mol. The fourth-order valence-electron chi connectivity index (χ4n) is 1.83. The Morgan fingerprint density at radius 3 is 2.89 bits per heavy atom. The normalized spacial score (nSPS) is 11.4. The number of rotatable bonds is 5. The first kappa shape index (κ1) is 13.0. The number of hydrogen-bond acceptors (Lipinski definition) is 3. The van der Waals surface area contributed by atoms with Gasteiger partial charge in [-0.25, -0.2) is 13.8 Å². The van der Waals surface area contributed by atoms with E-state index in [4.69, 9.17) is 11.6 Å². The molecule has 0 unspecified atom stereocenters. The maximum atomic E-state index is 12.6. The molecule has 0 aliphatic carbocycles. The molecule has 98 valence electrons. The molecule has 4 nitrogen and oxygen atoms in total. The first-order valence-corrected chi connectivity index (χ1v) is 6.04. The topological polar surface area (TPSA) is 33.4 Å². The maximum Gasteiger partial charge on any atom is 0.255 e. The highest BCUT2D eigenvalue weighted by molar-refractivity contribution is 6.18. The Morgan fingerprint density at radius 2 is 2.22 bits per heavy atom. The molecule has 0 amide bonds. The SMILES string of the molecule is Cc1cc(N(CCCl)CC(F)F)n2ncnc2c1. The molecule has 0 bridgehead atoms. The molecule has 0 aliphatic rings. The molecule has 0 atom stereocenters. The van der Waals surface area contributed by atoms with Crippen LogP contribution in [0.3, 0.4) is 0 Å². The third-order valence-corrected chi connectivity index (χ3v) is 2.71. The maximum absolute atomic E-state index is 12.6. The molecule has 0 spiro atoms. The molecule has 0 fully saturated rings. The summed E-state index contributed by atoms with van der Waals surface area (Å²) in [6.45, 7) is 1.86. The number of fused-ring (bicyclic) bond motifs is 1. The highest BCUT2D eigenvalue weighted by Crippen LogP contribution is 2.19. The lowest BCUT2D eigenvalue weighted by Crippen LogP contribution is -2.32. The van der Waals surface area contributed by atoms with Gasteiger partial charge < -0.3 is 4.90 Å². The quantitative estimate of drug-likeness (QED) is 0.785. The molecule has 18 heavy (non-hydrogen) atoms. The van der Waals surface area contributed by atoms with Gasteiger partial charge in [-0.15, -0.1) is 11.6 Å². The molecule has 2 rings (SSSR count). The molecule has 0 saturated heterocycles. The van der Waals surface area contributed by atoms with E-state index in [-0.39, 0.29) is 12.4 Å². The Labute approximate surface area is 108 Å². The number of aromatic nitrogens is 3. The van der Waals surface area contributed by atoms with Crippen LogP contribution in [0.25, 0.3) is 5.65 Å². The van der Waals surface area contributed by atoms with Crippen LogP contribution in [0.1, 0.15) is 5.56 Å². The molecule has 2 aromatic heterocycles. The van der Waals surface area contributed by atoms with E-state index < -0.39 is 6.43 Å². The summed E-state index contributed by atoms with van der Waals surface area (Å²) in [5, 5.41) is 4.05. The Hall–Kier alpha value is -1.43. The van der Waals surface area contributed by atoms with E-state index in [1.807, 2.05) is 13.0 Å². The standard InChI is InChI=1S/C11H13ClF2N4/c1-8-4-10-15-7-16-18(10)11(5-8)17(3-2-12)6-9(13)14/h4-5,7,9H,2-3,6H2,1H3. The summed E-state index contributed by atoms with van der Waals surface area (Å²) in [7, 11) is 0. The third-order valence-electron chi connectivity index (χ3n) is 2.54.